The largest absolute Gasteiger partial charge is 0.502 e. The number of para-hydroxylation sites is 1. The first-order chi connectivity index (χ1) is 13.9. The number of carbonyl (C=O) groups excluding carboxylic acids is 1. The summed E-state index contributed by atoms with van der Waals surface area (Å²) in [5, 5.41) is 12.1. The zero-order valence-electron chi connectivity index (χ0n) is 15.5. The first kappa shape index (κ1) is 18.5. The Hall–Kier alpha value is -3.81. The number of nitrogens with zero attached hydrogens (tertiary/aromatic N) is 3. The summed E-state index contributed by atoms with van der Waals surface area (Å²) in [6, 6.07) is 14.4. The molecule has 0 atom stereocenters. The maximum absolute atomic E-state index is 13.2. The minimum atomic E-state index is -0.632. The minimum Gasteiger partial charge on any atom is -0.502 e. The number of pyridine rings is 1. The van der Waals surface area contributed by atoms with Crippen LogP contribution in [0.3, 0.4) is 0 Å². The van der Waals surface area contributed by atoms with E-state index in [2.05, 4.69) is 0 Å². The molecule has 4 rings (SSSR count). The normalized spacial score (nSPS) is 13.5. The zero-order valence-corrected chi connectivity index (χ0v) is 15.5. The first-order valence-corrected chi connectivity index (χ1v) is 9.01. The maximum atomic E-state index is 13.2. The van der Waals surface area contributed by atoms with Gasteiger partial charge in [0.1, 0.15) is 12.5 Å². The molecule has 1 aliphatic heterocycles. The summed E-state index contributed by atoms with van der Waals surface area (Å²) < 4.78 is 14.7. The average molecular weight is 394 g/mol. The van der Waals surface area contributed by atoms with Gasteiger partial charge in [0.25, 0.3) is 5.91 Å². The van der Waals surface area contributed by atoms with Crippen LogP contribution in [0.5, 0.6) is 5.75 Å². The Morgan fingerprint density at radius 3 is 2.45 bits per heavy atom. The van der Waals surface area contributed by atoms with E-state index in [1.165, 1.54) is 34.0 Å². The van der Waals surface area contributed by atoms with Crippen LogP contribution in [0, 0.1) is 5.82 Å². The summed E-state index contributed by atoms with van der Waals surface area (Å²) >= 11 is 0. The fraction of sp³-hybridized carbons (Fsp3) is 0.143. The zero-order chi connectivity index (χ0) is 20.5. The lowest BCUT2D eigenvalue weighted by molar-refractivity contribution is 0.0671. The summed E-state index contributed by atoms with van der Waals surface area (Å²) in [5.74, 6) is -1.46. The Kier molecular flexibility index (Phi) is 4.67. The van der Waals surface area contributed by atoms with Gasteiger partial charge in [-0.1, -0.05) is 30.3 Å². The molecule has 8 heteroatoms. The molecule has 1 amide bonds. The van der Waals surface area contributed by atoms with Crippen molar-refractivity contribution in [2.45, 2.75) is 13.1 Å². The number of carbonyl (C=O) groups is 1. The predicted octanol–water partition coefficient (Wildman–Crippen LogP) is 2.03. The molecule has 7 nitrogen and oxygen atoms in total. The van der Waals surface area contributed by atoms with Crippen LogP contribution in [0.15, 0.2) is 65.6 Å². The van der Waals surface area contributed by atoms with E-state index < -0.39 is 17.1 Å². The molecule has 29 heavy (non-hydrogen) atoms. The third kappa shape index (κ3) is 3.52. The summed E-state index contributed by atoms with van der Waals surface area (Å²) in [5.41, 5.74) is 7.48. The van der Waals surface area contributed by atoms with Gasteiger partial charge in [-0.3, -0.25) is 19.3 Å². The smallest absolute Gasteiger partial charge is 0.278 e. The molecule has 2 aromatic carbocycles. The number of anilines is 1. The second-order valence-corrected chi connectivity index (χ2v) is 6.86. The van der Waals surface area contributed by atoms with Crippen LogP contribution in [0.25, 0.3) is 0 Å². The highest BCUT2D eigenvalue weighted by Gasteiger charge is 2.32. The number of fused-ring (bicyclic) bond motifs is 1. The number of aromatic hydroxyl groups is 1. The lowest BCUT2D eigenvalue weighted by Crippen LogP contribution is -2.53. The maximum Gasteiger partial charge on any atom is 0.278 e. The predicted molar refractivity (Wildman–Crippen MR) is 106 cm³/mol. The Morgan fingerprint density at radius 2 is 1.72 bits per heavy atom. The standard InChI is InChI=1S/C21H19FN4O3/c22-16-7-5-14(6-8-16)11-24-13-25(12-15-3-1-2-4-17(15)23)26-10-9-18(27)20(28)19(26)21(24)29/h1-10,28H,11-13,23H2. The lowest BCUT2D eigenvalue weighted by Gasteiger charge is -2.39. The van der Waals surface area contributed by atoms with Crippen molar-refractivity contribution in [1.29, 1.82) is 0 Å². The van der Waals surface area contributed by atoms with Crippen molar-refractivity contribution < 1.29 is 14.3 Å². The van der Waals surface area contributed by atoms with Crippen molar-refractivity contribution in [1.82, 2.24) is 9.58 Å². The monoisotopic (exact) mass is 394 g/mol. The third-order valence-corrected chi connectivity index (χ3v) is 4.88. The van der Waals surface area contributed by atoms with E-state index in [9.17, 15) is 19.1 Å². The van der Waals surface area contributed by atoms with Crippen molar-refractivity contribution in [3.8, 4) is 5.75 Å². The van der Waals surface area contributed by atoms with Crippen LogP contribution in [0.1, 0.15) is 21.6 Å². The number of amides is 1. The van der Waals surface area contributed by atoms with Gasteiger partial charge in [0, 0.05) is 24.5 Å². The molecule has 0 saturated carbocycles. The number of nitrogens with two attached hydrogens (primary N) is 1. The van der Waals surface area contributed by atoms with Gasteiger partial charge in [0.2, 0.25) is 5.43 Å². The SMILES string of the molecule is Nc1ccccc1CN1CN(Cc2ccc(F)cc2)C(=O)c2c(O)c(=O)ccn21. The van der Waals surface area contributed by atoms with Gasteiger partial charge in [-0.05, 0) is 29.3 Å². The quantitative estimate of drug-likeness (QED) is 0.661. The molecule has 0 bridgehead atoms. The third-order valence-electron chi connectivity index (χ3n) is 4.88. The van der Waals surface area contributed by atoms with E-state index in [-0.39, 0.29) is 24.7 Å². The van der Waals surface area contributed by atoms with Crippen LogP contribution in [0.4, 0.5) is 10.1 Å². The molecule has 3 aromatic rings. The second kappa shape index (κ2) is 7.31. The lowest BCUT2D eigenvalue weighted by atomic mass is 10.1. The molecule has 0 saturated heterocycles. The number of halogens is 1. The molecule has 0 radical (unpaired) electrons. The van der Waals surface area contributed by atoms with Crippen LogP contribution < -0.4 is 16.2 Å². The highest BCUT2D eigenvalue weighted by Crippen LogP contribution is 2.23. The van der Waals surface area contributed by atoms with Gasteiger partial charge in [-0.2, -0.15) is 0 Å². The number of rotatable bonds is 4. The van der Waals surface area contributed by atoms with Gasteiger partial charge in [-0.25, -0.2) is 4.39 Å². The van der Waals surface area contributed by atoms with Crippen LogP contribution in [0.2, 0.25) is 0 Å². The average Bonchev–Trinajstić information content (AvgIpc) is 2.71. The molecule has 0 fully saturated rings. The van der Waals surface area contributed by atoms with Crippen LogP contribution >= 0.6 is 0 Å². The molecule has 0 unspecified atom stereocenters. The van der Waals surface area contributed by atoms with Crippen molar-refractivity contribution in [2.75, 3.05) is 17.4 Å². The van der Waals surface area contributed by atoms with Gasteiger partial charge in [0.15, 0.2) is 11.4 Å². The van der Waals surface area contributed by atoms with Crippen LogP contribution in [-0.2, 0) is 13.1 Å². The number of aromatic nitrogens is 1. The van der Waals surface area contributed by atoms with E-state index in [1.54, 1.807) is 23.2 Å². The molecular weight excluding hydrogens is 375 g/mol. The highest BCUT2D eigenvalue weighted by molar-refractivity contribution is 5.96. The van der Waals surface area contributed by atoms with Gasteiger partial charge < -0.3 is 15.7 Å². The van der Waals surface area contributed by atoms with Crippen molar-refractivity contribution in [3.63, 3.8) is 0 Å². The van der Waals surface area contributed by atoms with Crippen LogP contribution in [-0.4, -0.2) is 27.3 Å². The minimum absolute atomic E-state index is 0.111. The molecule has 3 N–H and O–H groups in total. The number of hydrogen-bond acceptors (Lipinski definition) is 5. The van der Waals surface area contributed by atoms with E-state index >= 15 is 0 Å². The van der Waals surface area contributed by atoms with E-state index in [0.29, 0.717) is 12.2 Å². The molecule has 148 valence electrons. The first-order valence-electron chi connectivity index (χ1n) is 9.01. The second-order valence-electron chi connectivity index (χ2n) is 6.86. The van der Waals surface area contributed by atoms with E-state index in [1.807, 2.05) is 18.2 Å². The number of benzene rings is 2. The fourth-order valence-corrected chi connectivity index (χ4v) is 3.36. The number of nitrogen functional groups attached to an aromatic ring is 1. The Bertz CT molecular complexity index is 1130. The van der Waals surface area contributed by atoms with Crippen molar-refractivity contribution >= 4 is 11.6 Å². The summed E-state index contributed by atoms with van der Waals surface area (Å²) in [6.07, 6.45) is 1.46. The highest BCUT2D eigenvalue weighted by atomic mass is 19.1. The Labute approximate surface area is 166 Å². The molecule has 0 spiro atoms. The fourth-order valence-electron chi connectivity index (χ4n) is 3.36. The number of hydrogen-bond donors (Lipinski definition) is 2. The van der Waals surface area contributed by atoms with E-state index in [4.69, 9.17) is 5.73 Å². The molecule has 0 aliphatic carbocycles. The Balaban J connectivity index is 1.73. The molecule has 2 heterocycles. The molecule has 1 aromatic heterocycles. The molecular formula is C21H19FN4O3. The summed E-state index contributed by atoms with van der Waals surface area (Å²) in [4.78, 5) is 26.4. The topological polar surface area (TPSA) is 91.8 Å². The van der Waals surface area contributed by atoms with Gasteiger partial charge in [0.05, 0.1) is 6.54 Å². The summed E-state index contributed by atoms with van der Waals surface area (Å²) in [6.45, 7) is 0.747. The summed E-state index contributed by atoms with van der Waals surface area (Å²) in [7, 11) is 0. The van der Waals surface area contributed by atoms with E-state index in [0.717, 1.165) is 11.1 Å². The van der Waals surface area contributed by atoms with Crippen molar-refractivity contribution in [3.05, 3.63) is 93.7 Å². The molecule has 1 aliphatic rings. The van der Waals surface area contributed by atoms with Gasteiger partial charge in [-0.15, -0.1) is 0 Å². The van der Waals surface area contributed by atoms with Gasteiger partial charge >= 0.3 is 0 Å². The van der Waals surface area contributed by atoms with Crippen molar-refractivity contribution in [2.24, 2.45) is 0 Å². The Morgan fingerprint density at radius 1 is 1.00 bits per heavy atom.